The van der Waals surface area contributed by atoms with Gasteiger partial charge >= 0.3 is 11.8 Å². The highest BCUT2D eigenvalue weighted by molar-refractivity contribution is 6.34. The van der Waals surface area contributed by atoms with Crippen LogP contribution in [-0.2, 0) is 21.7 Å². The summed E-state index contributed by atoms with van der Waals surface area (Å²) in [4.78, 5) is 36.3. The third-order valence-corrected chi connectivity index (χ3v) is 7.26. The number of aromatic nitrogens is 2. The molecule has 0 radical (unpaired) electrons. The third kappa shape index (κ3) is 4.46. The fourth-order valence-corrected chi connectivity index (χ4v) is 4.93. The van der Waals surface area contributed by atoms with Gasteiger partial charge in [0.25, 0.3) is 5.91 Å². The summed E-state index contributed by atoms with van der Waals surface area (Å²) in [6.07, 6.45) is 8.03. The largest absolute Gasteiger partial charge is 0.361 e. The van der Waals surface area contributed by atoms with Crippen LogP contribution in [0.5, 0.6) is 0 Å². The van der Waals surface area contributed by atoms with E-state index in [1.54, 1.807) is 24.3 Å². The number of rotatable bonds is 7. The number of carbonyl (C=O) groups is 3. The first kappa shape index (κ1) is 23.0. The van der Waals surface area contributed by atoms with E-state index >= 15 is 0 Å². The summed E-state index contributed by atoms with van der Waals surface area (Å²) in [6.45, 7) is 0.0295. The van der Waals surface area contributed by atoms with Crippen molar-refractivity contribution in [3.05, 3.63) is 89.7 Å². The van der Waals surface area contributed by atoms with Gasteiger partial charge in [0.05, 0.1) is 17.8 Å². The molecule has 0 aliphatic heterocycles. The van der Waals surface area contributed by atoms with Gasteiger partial charge in [-0.1, -0.05) is 42.5 Å². The first-order valence-corrected chi connectivity index (χ1v) is 12.5. The number of nitrogens with one attached hydrogen (secondary N) is 2. The van der Waals surface area contributed by atoms with Gasteiger partial charge in [-0.25, -0.2) is 0 Å². The van der Waals surface area contributed by atoms with Gasteiger partial charge in [0.15, 0.2) is 0 Å². The van der Waals surface area contributed by atoms with Gasteiger partial charge in [-0.2, -0.15) is 5.10 Å². The molecule has 4 N–H and O–H groups in total. The zero-order valence-electron chi connectivity index (χ0n) is 20.2. The Morgan fingerprint density at radius 3 is 2.51 bits per heavy atom. The minimum atomic E-state index is -1.06. The second-order valence-corrected chi connectivity index (χ2v) is 9.93. The average Bonchev–Trinajstić information content (AvgIpc) is 3.85. The van der Waals surface area contributed by atoms with Crippen molar-refractivity contribution in [2.75, 3.05) is 0 Å². The molecule has 1 heterocycles. The Morgan fingerprint density at radius 2 is 1.76 bits per heavy atom. The lowest BCUT2D eigenvalue weighted by Crippen LogP contribution is -2.37. The zero-order valence-corrected chi connectivity index (χ0v) is 20.2. The fourth-order valence-electron chi connectivity index (χ4n) is 4.93. The molecule has 0 saturated heterocycles. The average molecular weight is 494 g/mol. The molecule has 1 aromatic heterocycles. The Hall–Kier alpha value is -4.46. The number of primary amides is 1. The lowest BCUT2D eigenvalue weighted by molar-refractivity contribution is -0.137. The second kappa shape index (κ2) is 8.89. The van der Waals surface area contributed by atoms with E-state index in [2.05, 4.69) is 46.2 Å². The number of nitrogens with zero attached hydrogens (tertiary/aromatic N) is 2. The summed E-state index contributed by atoms with van der Waals surface area (Å²) in [5, 5.41) is 12.6. The number of amides is 3. The molecular formula is C29H27N5O3. The van der Waals surface area contributed by atoms with Crippen LogP contribution in [0.15, 0.2) is 73.1 Å². The Balaban J connectivity index is 1.32. The van der Waals surface area contributed by atoms with Crippen LogP contribution in [0.2, 0.25) is 0 Å². The highest BCUT2D eigenvalue weighted by atomic mass is 16.2. The molecule has 6 rings (SSSR count). The standard InChI is InChI=1S/C29H27N5O3/c30-26(35)28(37)31-15-19-6-2-4-8-24(19)27(36)33-29(11-12-29)25-14-20(13-18-5-1-3-7-23(18)25)21-16-32-34(17-21)22-9-10-22/h1-8,13-14,16-17,22H,9-12,15H2,(H2,30,35)(H,31,37)(H,33,36). The highest BCUT2D eigenvalue weighted by Crippen LogP contribution is 2.49. The third-order valence-electron chi connectivity index (χ3n) is 7.26. The molecule has 186 valence electrons. The molecule has 4 aromatic rings. The van der Waals surface area contributed by atoms with E-state index < -0.39 is 17.4 Å². The van der Waals surface area contributed by atoms with Crippen molar-refractivity contribution in [2.45, 2.75) is 43.8 Å². The molecule has 37 heavy (non-hydrogen) atoms. The van der Waals surface area contributed by atoms with Gasteiger partial charge in [0.2, 0.25) is 0 Å². The SMILES string of the molecule is NC(=O)C(=O)NCc1ccccc1C(=O)NC1(c2cc(-c3cnn(C4CC4)c3)cc3ccccc23)CC1. The molecule has 8 nitrogen and oxygen atoms in total. The maximum absolute atomic E-state index is 13.5. The molecule has 0 spiro atoms. The summed E-state index contributed by atoms with van der Waals surface area (Å²) in [5.41, 5.74) is 8.85. The maximum Gasteiger partial charge on any atom is 0.309 e. The lowest BCUT2D eigenvalue weighted by Gasteiger charge is -2.22. The minimum Gasteiger partial charge on any atom is -0.361 e. The number of hydrogen-bond donors (Lipinski definition) is 3. The van der Waals surface area contributed by atoms with Crippen LogP contribution < -0.4 is 16.4 Å². The van der Waals surface area contributed by atoms with E-state index in [0.717, 1.165) is 40.3 Å². The first-order chi connectivity index (χ1) is 17.9. The van der Waals surface area contributed by atoms with E-state index in [4.69, 9.17) is 5.73 Å². The van der Waals surface area contributed by atoms with E-state index in [9.17, 15) is 14.4 Å². The maximum atomic E-state index is 13.5. The first-order valence-electron chi connectivity index (χ1n) is 12.5. The van der Waals surface area contributed by atoms with Crippen molar-refractivity contribution in [1.82, 2.24) is 20.4 Å². The molecule has 2 fully saturated rings. The van der Waals surface area contributed by atoms with Gasteiger partial charge < -0.3 is 16.4 Å². The predicted octanol–water partition coefficient (Wildman–Crippen LogP) is 3.56. The van der Waals surface area contributed by atoms with Crippen molar-refractivity contribution in [2.24, 2.45) is 5.73 Å². The molecule has 2 aliphatic rings. The van der Waals surface area contributed by atoms with Crippen LogP contribution in [0, 0.1) is 0 Å². The van der Waals surface area contributed by atoms with Gasteiger partial charge in [-0.05, 0) is 71.3 Å². The van der Waals surface area contributed by atoms with Crippen LogP contribution >= 0.6 is 0 Å². The number of hydrogen-bond acceptors (Lipinski definition) is 4. The van der Waals surface area contributed by atoms with E-state index in [0.29, 0.717) is 17.2 Å². The van der Waals surface area contributed by atoms with Crippen molar-refractivity contribution >= 4 is 28.5 Å². The monoisotopic (exact) mass is 493 g/mol. The number of nitrogens with two attached hydrogens (primary N) is 1. The van der Waals surface area contributed by atoms with Crippen LogP contribution in [0.3, 0.4) is 0 Å². The molecule has 3 aromatic carbocycles. The lowest BCUT2D eigenvalue weighted by atomic mass is 9.92. The van der Waals surface area contributed by atoms with Crippen LogP contribution in [0.4, 0.5) is 0 Å². The Kier molecular flexibility index (Phi) is 5.52. The minimum absolute atomic E-state index is 0.0295. The van der Waals surface area contributed by atoms with Gasteiger partial charge in [-0.3, -0.25) is 19.1 Å². The zero-order chi connectivity index (χ0) is 25.6. The van der Waals surface area contributed by atoms with Crippen LogP contribution in [-0.4, -0.2) is 27.5 Å². The van der Waals surface area contributed by atoms with Gasteiger partial charge in [0, 0.05) is 23.9 Å². The van der Waals surface area contributed by atoms with E-state index in [1.807, 2.05) is 23.0 Å². The van der Waals surface area contributed by atoms with Gasteiger partial charge in [0.1, 0.15) is 0 Å². The smallest absolute Gasteiger partial charge is 0.309 e. The predicted molar refractivity (Wildman–Crippen MR) is 139 cm³/mol. The number of carbonyl (C=O) groups excluding carboxylic acids is 3. The van der Waals surface area contributed by atoms with Crippen molar-refractivity contribution in [3.8, 4) is 11.1 Å². The Morgan fingerprint density at radius 1 is 1.00 bits per heavy atom. The van der Waals surface area contributed by atoms with Crippen LogP contribution in [0.25, 0.3) is 21.9 Å². The molecule has 0 unspecified atom stereocenters. The molecule has 2 aliphatic carbocycles. The fraction of sp³-hybridized carbons (Fsp3) is 0.241. The molecule has 3 amide bonds. The van der Waals surface area contributed by atoms with Crippen molar-refractivity contribution in [3.63, 3.8) is 0 Å². The molecular weight excluding hydrogens is 466 g/mol. The summed E-state index contributed by atoms with van der Waals surface area (Å²) < 4.78 is 2.05. The van der Waals surface area contributed by atoms with Crippen molar-refractivity contribution in [1.29, 1.82) is 0 Å². The topological polar surface area (TPSA) is 119 Å². The van der Waals surface area contributed by atoms with Crippen LogP contribution in [0.1, 0.15) is 53.2 Å². The van der Waals surface area contributed by atoms with E-state index in [1.165, 1.54) is 12.8 Å². The normalized spacial score (nSPS) is 15.8. The second-order valence-electron chi connectivity index (χ2n) is 9.93. The number of benzene rings is 3. The summed E-state index contributed by atoms with van der Waals surface area (Å²) in [5.74, 6) is -2.17. The molecule has 8 heteroatoms. The molecule has 0 atom stereocenters. The molecule has 2 saturated carbocycles. The van der Waals surface area contributed by atoms with Crippen molar-refractivity contribution < 1.29 is 14.4 Å². The Labute approximate surface area is 213 Å². The molecule has 0 bridgehead atoms. The summed E-state index contributed by atoms with van der Waals surface area (Å²) in [7, 11) is 0. The highest BCUT2D eigenvalue weighted by Gasteiger charge is 2.47. The Bertz CT molecular complexity index is 1550. The van der Waals surface area contributed by atoms with Gasteiger partial charge in [-0.15, -0.1) is 0 Å². The number of fused-ring (bicyclic) bond motifs is 1. The summed E-state index contributed by atoms with van der Waals surface area (Å²) in [6, 6.07) is 20.2. The van der Waals surface area contributed by atoms with E-state index in [-0.39, 0.29) is 12.5 Å². The summed E-state index contributed by atoms with van der Waals surface area (Å²) >= 11 is 0. The quantitative estimate of drug-likeness (QED) is 0.341.